The molecule has 1 saturated heterocycles. The van der Waals surface area contributed by atoms with Gasteiger partial charge in [0.15, 0.2) is 24.6 Å². The van der Waals surface area contributed by atoms with Crippen LogP contribution in [0.1, 0.15) is 316 Å². The number of allylic oxidation sites excluding steroid dienone is 8. The third-order valence-corrected chi connectivity index (χ3v) is 15.4. The predicted octanol–water partition coefficient (Wildman–Crippen LogP) is 18.1. The molecule has 6 unspecified atom stereocenters. The first-order valence-corrected chi connectivity index (χ1v) is 33.6. The Morgan fingerprint density at radius 2 is 0.778 bits per heavy atom. The van der Waals surface area contributed by atoms with Crippen molar-refractivity contribution >= 4 is 23.9 Å². The van der Waals surface area contributed by atoms with Gasteiger partial charge in [0.1, 0.15) is 18.8 Å². The van der Waals surface area contributed by atoms with Gasteiger partial charge in [0, 0.05) is 19.3 Å². The van der Waals surface area contributed by atoms with Crippen LogP contribution in [0, 0.1) is 0 Å². The highest BCUT2D eigenvalue weighted by Crippen LogP contribution is 2.27. The molecule has 0 radical (unpaired) electrons. The molecule has 6 atom stereocenters. The van der Waals surface area contributed by atoms with E-state index in [0.29, 0.717) is 19.3 Å². The summed E-state index contributed by atoms with van der Waals surface area (Å²) in [4.78, 5) is 51.4. The number of carboxylic acid groups (broad SMARTS) is 1. The van der Waals surface area contributed by atoms with Crippen LogP contribution in [0.15, 0.2) is 48.6 Å². The molecule has 0 amide bonds. The first-order chi connectivity index (χ1) is 39.6. The van der Waals surface area contributed by atoms with Crippen molar-refractivity contribution in [1.29, 1.82) is 0 Å². The molecule has 1 aliphatic rings. The maximum Gasteiger partial charge on any atom is 0.335 e. The second-order valence-corrected chi connectivity index (χ2v) is 23.1. The molecule has 0 aliphatic carbocycles. The van der Waals surface area contributed by atoms with Crippen molar-refractivity contribution in [1.82, 2.24) is 0 Å². The fraction of sp³-hybridized carbons (Fsp3) is 0.826. The Bertz CT molecular complexity index is 1590. The van der Waals surface area contributed by atoms with E-state index in [4.69, 9.17) is 23.7 Å². The van der Waals surface area contributed by atoms with Crippen LogP contribution in [0.2, 0.25) is 0 Å². The van der Waals surface area contributed by atoms with Crippen molar-refractivity contribution in [3.8, 4) is 0 Å². The van der Waals surface area contributed by atoms with Gasteiger partial charge in [-0.3, -0.25) is 14.4 Å². The van der Waals surface area contributed by atoms with Gasteiger partial charge in [0.25, 0.3) is 0 Å². The number of carbonyl (C=O) groups excluding carboxylic acids is 3. The number of rotatable bonds is 58. The summed E-state index contributed by atoms with van der Waals surface area (Å²) in [6.45, 7) is 5.92. The molecule has 12 heteroatoms. The number of aliphatic hydroxyl groups excluding tert-OH is 2. The van der Waals surface area contributed by atoms with Crippen LogP contribution < -0.4 is 0 Å². The number of aliphatic carboxylic acids is 1. The molecule has 0 aromatic carbocycles. The van der Waals surface area contributed by atoms with Crippen molar-refractivity contribution in [3.63, 3.8) is 0 Å². The summed E-state index contributed by atoms with van der Waals surface area (Å²) in [6.07, 6.45) is 57.8. The van der Waals surface area contributed by atoms with E-state index in [9.17, 15) is 34.5 Å². The summed E-state index contributed by atoms with van der Waals surface area (Å²) in [7, 11) is 0. The number of hydrogen-bond acceptors (Lipinski definition) is 11. The number of ether oxygens (including phenoxy) is 5. The van der Waals surface area contributed by atoms with Gasteiger partial charge in [0.2, 0.25) is 0 Å². The largest absolute Gasteiger partial charge is 0.479 e. The quantitative estimate of drug-likeness (QED) is 0.0228. The monoisotopic (exact) mass is 1140 g/mol. The molecule has 3 N–H and O–H groups in total. The van der Waals surface area contributed by atoms with Gasteiger partial charge in [-0.15, -0.1) is 0 Å². The molecule has 0 saturated carbocycles. The van der Waals surface area contributed by atoms with Crippen LogP contribution >= 0.6 is 0 Å². The predicted molar refractivity (Wildman–Crippen MR) is 331 cm³/mol. The number of esters is 3. The van der Waals surface area contributed by atoms with Crippen LogP contribution in [-0.4, -0.2) is 89.2 Å². The molecule has 12 nitrogen and oxygen atoms in total. The van der Waals surface area contributed by atoms with Crippen LogP contribution in [0.5, 0.6) is 0 Å². The number of hydrogen-bond donors (Lipinski definition) is 3. The zero-order valence-electron chi connectivity index (χ0n) is 52.0. The van der Waals surface area contributed by atoms with Gasteiger partial charge < -0.3 is 39.0 Å². The molecule has 0 aromatic rings. The summed E-state index contributed by atoms with van der Waals surface area (Å²) in [5.74, 6) is -3.11. The molecule has 0 bridgehead atoms. The topological polar surface area (TPSA) is 175 Å². The Morgan fingerprint density at radius 3 is 1.20 bits per heavy atom. The van der Waals surface area contributed by atoms with E-state index in [1.165, 1.54) is 154 Å². The van der Waals surface area contributed by atoms with Gasteiger partial charge in [-0.25, -0.2) is 4.79 Å². The Labute approximate surface area is 494 Å². The third-order valence-electron chi connectivity index (χ3n) is 15.4. The van der Waals surface area contributed by atoms with E-state index in [2.05, 4.69) is 69.4 Å². The summed E-state index contributed by atoms with van der Waals surface area (Å²) in [5, 5.41) is 31.6. The van der Waals surface area contributed by atoms with Gasteiger partial charge in [0.05, 0.1) is 6.61 Å². The standard InChI is InChI=1S/C69H122O12/c1-4-7-10-13-16-19-22-25-28-30-31-33-36-39-42-45-48-51-54-57-63(72)80-67-65(74)64(73)66(68(75)76)81-69(67)78-59-60(79-62(71)56-53-50-47-44-41-38-34-27-24-21-18-15-12-9-6-3)58-77-61(70)55-52-49-46-43-40-37-35-32-29-26-23-20-17-14-11-8-5-2/h9,12,18,21,25,27-28,34,60,64-67,69,73-74H,4-8,10-11,13-17,19-20,22-24,26,29-33,35-59H2,1-3H3,(H,75,76)/b12-9-,21-18-,28-25-,34-27-. The number of carboxylic acids is 1. The summed E-state index contributed by atoms with van der Waals surface area (Å²) < 4.78 is 28.6. The molecule has 0 spiro atoms. The number of aliphatic hydroxyl groups is 2. The minimum absolute atomic E-state index is 0.0584. The fourth-order valence-corrected chi connectivity index (χ4v) is 10.3. The average molecular weight is 1140 g/mol. The molecular formula is C69H122O12. The van der Waals surface area contributed by atoms with Gasteiger partial charge in [-0.05, 0) is 77.0 Å². The van der Waals surface area contributed by atoms with Crippen molar-refractivity contribution in [2.75, 3.05) is 13.2 Å². The molecule has 1 fully saturated rings. The zero-order valence-corrected chi connectivity index (χ0v) is 52.0. The molecule has 0 aromatic heterocycles. The Kier molecular flexibility index (Phi) is 53.4. The van der Waals surface area contributed by atoms with Crippen LogP contribution in [-0.2, 0) is 42.9 Å². The van der Waals surface area contributed by atoms with E-state index in [1.54, 1.807) is 0 Å². The lowest BCUT2D eigenvalue weighted by Gasteiger charge is -2.40. The number of carbonyl (C=O) groups is 4. The lowest BCUT2D eigenvalue weighted by molar-refractivity contribution is -0.301. The van der Waals surface area contributed by atoms with Crippen LogP contribution in [0.25, 0.3) is 0 Å². The molecule has 1 aliphatic heterocycles. The first-order valence-electron chi connectivity index (χ1n) is 33.6. The molecule has 470 valence electrons. The summed E-state index contributed by atoms with van der Waals surface area (Å²) >= 11 is 0. The van der Waals surface area contributed by atoms with Gasteiger partial charge in [-0.2, -0.15) is 0 Å². The second-order valence-electron chi connectivity index (χ2n) is 23.1. The van der Waals surface area contributed by atoms with E-state index >= 15 is 0 Å². The summed E-state index contributed by atoms with van der Waals surface area (Å²) in [5.41, 5.74) is 0. The lowest BCUT2D eigenvalue weighted by atomic mass is 9.98. The fourth-order valence-electron chi connectivity index (χ4n) is 10.3. The van der Waals surface area contributed by atoms with Crippen molar-refractivity contribution in [2.24, 2.45) is 0 Å². The third kappa shape index (κ3) is 46.7. The smallest absolute Gasteiger partial charge is 0.335 e. The highest BCUT2D eigenvalue weighted by atomic mass is 16.7. The van der Waals surface area contributed by atoms with E-state index < -0.39 is 67.3 Å². The molecule has 1 heterocycles. The molecular weight excluding hydrogens is 1020 g/mol. The molecule has 81 heavy (non-hydrogen) atoms. The first kappa shape index (κ1) is 75.7. The van der Waals surface area contributed by atoms with Crippen molar-refractivity contribution in [2.45, 2.75) is 353 Å². The van der Waals surface area contributed by atoms with E-state index in [1.807, 2.05) is 0 Å². The highest BCUT2D eigenvalue weighted by molar-refractivity contribution is 5.74. The van der Waals surface area contributed by atoms with Crippen molar-refractivity contribution in [3.05, 3.63) is 48.6 Å². The lowest BCUT2D eigenvalue weighted by Crippen LogP contribution is -2.61. The maximum absolute atomic E-state index is 13.2. The summed E-state index contributed by atoms with van der Waals surface area (Å²) in [6, 6.07) is 0. The molecule has 1 rings (SSSR count). The van der Waals surface area contributed by atoms with Crippen LogP contribution in [0.4, 0.5) is 0 Å². The Hall–Kier alpha value is -3.32. The number of unbranched alkanes of at least 4 members (excludes halogenated alkanes) is 36. The SMILES string of the molecule is CC/C=C\C/C=C\C/C=C\CCCCCCCC(=O)OC(COC(=O)CCCCCCCCCCCCCCCCCCC)COC1OC(C(=O)O)C(O)C(O)C1OC(=O)CCCCCCCCCCC/C=C\CCCCCCCC. The van der Waals surface area contributed by atoms with Gasteiger partial charge >= 0.3 is 23.9 Å². The zero-order chi connectivity index (χ0) is 58.9. The van der Waals surface area contributed by atoms with Crippen molar-refractivity contribution < 1.29 is 58.2 Å². The maximum atomic E-state index is 13.2. The Balaban J connectivity index is 2.63. The highest BCUT2D eigenvalue weighted by Gasteiger charge is 2.50. The Morgan fingerprint density at radius 1 is 0.420 bits per heavy atom. The average Bonchev–Trinajstić information content (AvgIpc) is 3.52. The normalized spacial score (nSPS) is 18.0. The van der Waals surface area contributed by atoms with E-state index in [-0.39, 0.29) is 25.9 Å². The second kappa shape index (κ2) is 57.1. The van der Waals surface area contributed by atoms with E-state index in [0.717, 1.165) is 103 Å². The minimum Gasteiger partial charge on any atom is -0.479 e. The van der Waals surface area contributed by atoms with Crippen LogP contribution in [0.3, 0.4) is 0 Å². The minimum atomic E-state index is -1.91. The van der Waals surface area contributed by atoms with Gasteiger partial charge in [-0.1, -0.05) is 268 Å².